The summed E-state index contributed by atoms with van der Waals surface area (Å²) < 4.78 is 5.32. The van der Waals surface area contributed by atoms with Gasteiger partial charge in [0.1, 0.15) is 0 Å². The van der Waals surface area contributed by atoms with E-state index in [2.05, 4.69) is 0 Å². The number of hydrogen-bond donors (Lipinski definition) is 1. The Morgan fingerprint density at radius 2 is 2.41 bits per heavy atom. The van der Waals surface area contributed by atoms with E-state index in [4.69, 9.17) is 9.84 Å². The minimum Gasteiger partial charge on any atom is -0.478 e. The van der Waals surface area contributed by atoms with Gasteiger partial charge < -0.3 is 9.84 Å². The molecule has 1 aliphatic heterocycles. The van der Waals surface area contributed by atoms with Crippen molar-refractivity contribution in [1.29, 1.82) is 0 Å². The second-order valence-electron chi connectivity index (χ2n) is 4.32. The zero-order chi connectivity index (χ0) is 12.3. The molecule has 0 aromatic heterocycles. The fourth-order valence-corrected chi connectivity index (χ4v) is 2.91. The molecular formula is C13H16O3S. The van der Waals surface area contributed by atoms with Gasteiger partial charge in [-0.2, -0.15) is 0 Å². The number of ether oxygens (including phenoxy) is 1. The number of carboxylic acid groups (broad SMARTS) is 1. The number of hydrogen-bond acceptors (Lipinski definition) is 3. The third-order valence-electron chi connectivity index (χ3n) is 2.95. The first-order valence-electron chi connectivity index (χ1n) is 5.71. The van der Waals surface area contributed by atoms with Crippen molar-refractivity contribution in [3.8, 4) is 0 Å². The van der Waals surface area contributed by atoms with Crippen molar-refractivity contribution < 1.29 is 14.6 Å². The van der Waals surface area contributed by atoms with Gasteiger partial charge in [0, 0.05) is 17.3 Å². The van der Waals surface area contributed by atoms with Crippen LogP contribution in [0, 0.1) is 12.8 Å². The van der Waals surface area contributed by atoms with Gasteiger partial charge in [0.25, 0.3) is 0 Å². The van der Waals surface area contributed by atoms with E-state index in [0.29, 0.717) is 11.5 Å². The van der Waals surface area contributed by atoms with Gasteiger partial charge >= 0.3 is 5.97 Å². The number of carboxylic acids is 1. The highest BCUT2D eigenvalue weighted by Gasteiger charge is 2.16. The molecule has 0 amide bonds. The molecule has 0 aliphatic carbocycles. The minimum absolute atomic E-state index is 0.401. The van der Waals surface area contributed by atoms with Crippen LogP contribution in [0.5, 0.6) is 0 Å². The smallest absolute Gasteiger partial charge is 0.335 e. The van der Waals surface area contributed by atoms with Crippen molar-refractivity contribution in [3.63, 3.8) is 0 Å². The van der Waals surface area contributed by atoms with E-state index in [0.717, 1.165) is 35.8 Å². The summed E-state index contributed by atoms with van der Waals surface area (Å²) in [4.78, 5) is 12.0. The third-order valence-corrected chi connectivity index (χ3v) is 4.17. The van der Waals surface area contributed by atoms with E-state index >= 15 is 0 Å². The molecule has 1 aromatic rings. The number of benzene rings is 1. The maximum absolute atomic E-state index is 11.0. The maximum Gasteiger partial charge on any atom is 0.335 e. The summed E-state index contributed by atoms with van der Waals surface area (Å²) in [6.45, 7) is 3.52. The highest BCUT2D eigenvalue weighted by Crippen LogP contribution is 2.26. The Kier molecular flexibility index (Phi) is 4.07. The van der Waals surface area contributed by atoms with E-state index < -0.39 is 5.97 Å². The van der Waals surface area contributed by atoms with E-state index in [1.807, 2.05) is 19.1 Å². The molecule has 1 heterocycles. The van der Waals surface area contributed by atoms with Gasteiger partial charge in [-0.1, -0.05) is 6.07 Å². The molecule has 1 unspecified atom stereocenters. The first-order chi connectivity index (χ1) is 8.16. The van der Waals surface area contributed by atoms with Crippen LogP contribution in [0.25, 0.3) is 0 Å². The zero-order valence-corrected chi connectivity index (χ0v) is 10.6. The number of thioether (sulfide) groups is 1. The van der Waals surface area contributed by atoms with Crippen LogP contribution in [0.2, 0.25) is 0 Å². The van der Waals surface area contributed by atoms with Crippen LogP contribution in [-0.4, -0.2) is 30.0 Å². The molecule has 1 saturated heterocycles. The van der Waals surface area contributed by atoms with Crippen LogP contribution in [0.15, 0.2) is 23.1 Å². The van der Waals surface area contributed by atoms with Crippen molar-refractivity contribution >= 4 is 17.7 Å². The lowest BCUT2D eigenvalue weighted by Crippen LogP contribution is -2.03. The number of carbonyl (C=O) groups is 1. The van der Waals surface area contributed by atoms with E-state index in [9.17, 15) is 4.79 Å². The average molecular weight is 252 g/mol. The lowest BCUT2D eigenvalue weighted by Gasteiger charge is -2.08. The molecule has 17 heavy (non-hydrogen) atoms. The van der Waals surface area contributed by atoms with Crippen molar-refractivity contribution in [2.24, 2.45) is 5.92 Å². The summed E-state index contributed by atoms with van der Waals surface area (Å²) in [6.07, 6.45) is 1.12. The van der Waals surface area contributed by atoms with Gasteiger partial charge in [0.2, 0.25) is 0 Å². The van der Waals surface area contributed by atoms with Crippen LogP contribution in [0.4, 0.5) is 0 Å². The Morgan fingerprint density at radius 3 is 3.06 bits per heavy atom. The third kappa shape index (κ3) is 3.23. The number of rotatable bonds is 4. The lowest BCUT2D eigenvalue weighted by atomic mass is 10.1. The van der Waals surface area contributed by atoms with Gasteiger partial charge in [-0.15, -0.1) is 11.8 Å². The normalized spacial score (nSPS) is 19.5. The average Bonchev–Trinajstić information content (AvgIpc) is 2.80. The lowest BCUT2D eigenvalue weighted by molar-refractivity contribution is 0.0696. The van der Waals surface area contributed by atoms with Crippen molar-refractivity contribution in [3.05, 3.63) is 29.3 Å². The monoisotopic (exact) mass is 252 g/mol. The first kappa shape index (κ1) is 12.5. The fraction of sp³-hybridized carbons (Fsp3) is 0.462. The molecule has 92 valence electrons. The quantitative estimate of drug-likeness (QED) is 0.837. The fourth-order valence-electron chi connectivity index (χ4n) is 1.85. The molecule has 1 aromatic carbocycles. The van der Waals surface area contributed by atoms with Crippen molar-refractivity contribution in [1.82, 2.24) is 0 Å². The Balaban J connectivity index is 2.00. The van der Waals surface area contributed by atoms with Crippen LogP contribution in [-0.2, 0) is 4.74 Å². The molecule has 1 aliphatic rings. The predicted octanol–water partition coefficient (Wildman–Crippen LogP) is 2.82. The second kappa shape index (κ2) is 5.56. The van der Waals surface area contributed by atoms with Crippen LogP contribution in [0.3, 0.4) is 0 Å². The van der Waals surface area contributed by atoms with Crippen LogP contribution < -0.4 is 0 Å². The Labute approximate surface area is 105 Å². The Morgan fingerprint density at radius 1 is 1.59 bits per heavy atom. The number of aromatic carboxylic acids is 1. The van der Waals surface area contributed by atoms with Gasteiger partial charge in [-0.3, -0.25) is 0 Å². The van der Waals surface area contributed by atoms with Gasteiger partial charge in [-0.05, 0) is 37.0 Å². The SMILES string of the molecule is Cc1ccc(SCC2CCOC2)cc1C(=O)O. The molecule has 1 N–H and O–H groups in total. The maximum atomic E-state index is 11.0. The summed E-state index contributed by atoms with van der Waals surface area (Å²) in [5.74, 6) is 0.756. The molecular weight excluding hydrogens is 236 g/mol. The largest absolute Gasteiger partial charge is 0.478 e. The molecule has 1 fully saturated rings. The zero-order valence-electron chi connectivity index (χ0n) is 9.81. The highest BCUT2D eigenvalue weighted by molar-refractivity contribution is 7.99. The summed E-state index contributed by atoms with van der Waals surface area (Å²) in [5.41, 5.74) is 1.21. The standard InChI is InChI=1S/C13H16O3S/c1-9-2-3-11(6-12(9)13(14)15)17-8-10-4-5-16-7-10/h2-3,6,10H,4-5,7-8H2,1H3,(H,14,15). The molecule has 0 bridgehead atoms. The molecule has 1 atom stereocenters. The molecule has 3 nitrogen and oxygen atoms in total. The topological polar surface area (TPSA) is 46.5 Å². The van der Waals surface area contributed by atoms with Crippen LogP contribution in [0.1, 0.15) is 22.3 Å². The first-order valence-corrected chi connectivity index (χ1v) is 6.70. The molecule has 0 spiro atoms. The molecule has 2 rings (SSSR count). The summed E-state index contributed by atoms with van der Waals surface area (Å²) >= 11 is 1.71. The molecule has 0 saturated carbocycles. The predicted molar refractivity (Wildman–Crippen MR) is 67.8 cm³/mol. The van der Waals surface area contributed by atoms with Gasteiger partial charge in [0.15, 0.2) is 0 Å². The van der Waals surface area contributed by atoms with E-state index in [-0.39, 0.29) is 0 Å². The van der Waals surface area contributed by atoms with Gasteiger partial charge in [-0.25, -0.2) is 4.79 Å². The molecule has 0 radical (unpaired) electrons. The summed E-state index contributed by atoms with van der Waals surface area (Å²) in [5, 5.41) is 9.04. The van der Waals surface area contributed by atoms with Gasteiger partial charge in [0.05, 0.1) is 12.2 Å². The summed E-state index contributed by atoms with van der Waals surface area (Å²) in [7, 11) is 0. The molecule has 4 heteroatoms. The summed E-state index contributed by atoms with van der Waals surface area (Å²) in [6, 6.07) is 5.62. The van der Waals surface area contributed by atoms with Crippen molar-refractivity contribution in [2.45, 2.75) is 18.2 Å². The Bertz CT molecular complexity index is 411. The Hall–Kier alpha value is -1.00. The van der Waals surface area contributed by atoms with Crippen molar-refractivity contribution in [2.75, 3.05) is 19.0 Å². The second-order valence-corrected chi connectivity index (χ2v) is 5.42. The van der Waals surface area contributed by atoms with Crippen LogP contribution >= 0.6 is 11.8 Å². The highest BCUT2D eigenvalue weighted by atomic mass is 32.2. The number of aryl methyl sites for hydroxylation is 1. The minimum atomic E-state index is -0.853. The van der Waals surface area contributed by atoms with E-state index in [1.54, 1.807) is 17.8 Å². The van der Waals surface area contributed by atoms with E-state index in [1.165, 1.54) is 0 Å².